The van der Waals surface area contributed by atoms with Gasteiger partial charge in [0, 0.05) is 30.0 Å². The molecule has 0 aliphatic rings. The molecule has 0 aliphatic carbocycles. The zero-order valence-electron chi connectivity index (χ0n) is 14.6. The number of benzene rings is 2. The summed E-state index contributed by atoms with van der Waals surface area (Å²) in [5, 5.41) is 4.54. The van der Waals surface area contributed by atoms with Gasteiger partial charge in [-0.25, -0.2) is 8.78 Å². The molecule has 0 spiro atoms. The van der Waals surface area contributed by atoms with Gasteiger partial charge in [0.25, 0.3) is 0 Å². The van der Waals surface area contributed by atoms with Gasteiger partial charge in [0.15, 0.2) is 18.3 Å². The molecule has 0 aromatic heterocycles. The Morgan fingerprint density at radius 2 is 1.33 bits per heavy atom. The fourth-order valence-electron chi connectivity index (χ4n) is 2.02. The maximum absolute atomic E-state index is 13.7. The first-order chi connectivity index (χ1) is 13.8. The van der Waals surface area contributed by atoms with Crippen LogP contribution in [0, 0.1) is 11.6 Å². The maximum atomic E-state index is 13.7. The minimum atomic E-state index is -4.69. The van der Waals surface area contributed by atoms with Gasteiger partial charge in [-0.15, -0.1) is 0 Å². The zero-order chi connectivity index (χ0) is 22.5. The smallest absolute Gasteiger partial charge is 0.422 e. The molecule has 30 heavy (non-hydrogen) atoms. The van der Waals surface area contributed by atoms with E-state index in [9.17, 15) is 35.1 Å². The minimum absolute atomic E-state index is 0.105. The van der Waals surface area contributed by atoms with E-state index >= 15 is 0 Å². The molecular weight excluding hydrogens is 448 g/mol. The van der Waals surface area contributed by atoms with Gasteiger partial charge in [-0.05, 0) is 24.4 Å². The highest BCUT2D eigenvalue weighted by Crippen LogP contribution is 2.29. The highest BCUT2D eigenvalue weighted by molar-refractivity contribution is 7.80. The highest BCUT2D eigenvalue weighted by atomic mass is 32.1. The molecule has 0 radical (unpaired) electrons. The van der Waals surface area contributed by atoms with Crippen molar-refractivity contribution in [3.05, 3.63) is 48.0 Å². The molecule has 0 fully saturated rings. The first kappa shape index (κ1) is 23.4. The Kier molecular flexibility index (Phi) is 7.29. The van der Waals surface area contributed by atoms with E-state index in [1.54, 1.807) is 0 Å². The highest BCUT2D eigenvalue weighted by Gasteiger charge is 2.30. The molecular formula is C17H12F8N2O2S. The normalized spacial score (nSPS) is 11.7. The summed E-state index contributed by atoms with van der Waals surface area (Å²) in [4.78, 5) is 0. The summed E-state index contributed by atoms with van der Waals surface area (Å²) in [5.41, 5.74) is -0.321. The van der Waals surface area contributed by atoms with Crippen LogP contribution >= 0.6 is 12.2 Å². The Morgan fingerprint density at radius 1 is 0.800 bits per heavy atom. The molecule has 4 nitrogen and oxygen atoms in total. The van der Waals surface area contributed by atoms with Crippen molar-refractivity contribution in [1.82, 2.24) is 0 Å². The van der Waals surface area contributed by atoms with E-state index in [0.717, 1.165) is 30.3 Å². The van der Waals surface area contributed by atoms with Crippen molar-refractivity contribution < 1.29 is 44.6 Å². The number of halogens is 8. The number of hydrogen-bond acceptors (Lipinski definition) is 3. The number of rotatable bonds is 6. The Hall–Kier alpha value is -2.83. The molecule has 0 bridgehead atoms. The van der Waals surface area contributed by atoms with Crippen LogP contribution in [0.15, 0.2) is 36.4 Å². The summed E-state index contributed by atoms with van der Waals surface area (Å²) >= 11 is 4.92. The van der Waals surface area contributed by atoms with Crippen LogP contribution in [-0.2, 0) is 0 Å². The van der Waals surface area contributed by atoms with Crippen LogP contribution in [-0.4, -0.2) is 30.7 Å². The van der Waals surface area contributed by atoms with Crippen LogP contribution in [0.1, 0.15) is 0 Å². The average Bonchev–Trinajstić information content (AvgIpc) is 2.59. The molecule has 2 rings (SSSR count). The monoisotopic (exact) mass is 460 g/mol. The minimum Gasteiger partial charge on any atom is -0.484 e. The topological polar surface area (TPSA) is 42.5 Å². The van der Waals surface area contributed by atoms with Crippen LogP contribution < -0.4 is 20.1 Å². The van der Waals surface area contributed by atoms with Crippen molar-refractivity contribution in [1.29, 1.82) is 0 Å². The Bertz CT molecular complexity index is 866. The second-order valence-corrected chi connectivity index (χ2v) is 6.11. The summed E-state index contributed by atoms with van der Waals surface area (Å²) < 4.78 is 110. The maximum Gasteiger partial charge on any atom is 0.422 e. The fourth-order valence-corrected chi connectivity index (χ4v) is 2.24. The van der Waals surface area contributed by atoms with E-state index < -0.39 is 48.7 Å². The summed E-state index contributed by atoms with van der Waals surface area (Å²) in [6.45, 7) is -3.39. The SMILES string of the molecule is Fc1ccc(NC(=S)Nc2cc(OCC(F)(F)F)cc(OCC(F)(F)F)c2)c(F)c1. The second kappa shape index (κ2) is 9.32. The third-order valence-corrected chi connectivity index (χ3v) is 3.33. The van der Waals surface area contributed by atoms with E-state index in [-0.39, 0.29) is 16.5 Å². The molecule has 13 heteroatoms. The molecule has 2 aromatic carbocycles. The van der Waals surface area contributed by atoms with Crippen LogP contribution in [0.5, 0.6) is 11.5 Å². The molecule has 164 valence electrons. The number of hydrogen-bond donors (Lipinski definition) is 2. The molecule has 2 aromatic rings. The first-order valence-corrected chi connectivity index (χ1v) is 8.29. The van der Waals surface area contributed by atoms with Crippen molar-refractivity contribution in [2.24, 2.45) is 0 Å². The van der Waals surface area contributed by atoms with Crippen LogP contribution in [0.3, 0.4) is 0 Å². The Balaban J connectivity index is 2.17. The van der Waals surface area contributed by atoms with Gasteiger partial charge in [-0.2, -0.15) is 26.3 Å². The summed E-state index contributed by atoms with van der Waals surface area (Å²) in [7, 11) is 0. The average molecular weight is 460 g/mol. The van der Waals surface area contributed by atoms with E-state index in [4.69, 9.17) is 12.2 Å². The quantitative estimate of drug-likeness (QED) is 0.431. The van der Waals surface area contributed by atoms with Gasteiger partial charge in [0.05, 0.1) is 5.69 Å². The number of ether oxygens (including phenoxy) is 2. The number of alkyl halides is 6. The lowest BCUT2D eigenvalue weighted by Crippen LogP contribution is -2.22. The van der Waals surface area contributed by atoms with E-state index in [1.165, 1.54) is 0 Å². The van der Waals surface area contributed by atoms with Gasteiger partial charge in [0.1, 0.15) is 23.1 Å². The zero-order valence-corrected chi connectivity index (χ0v) is 15.4. The third-order valence-electron chi connectivity index (χ3n) is 3.12. The molecule has 0 amide bonds. The van der Waals surface area contributed by atoms with Gasteiger partial charge in [0.2, 0.25) is 0 Å². The number of nitrogens with one attached hydrogen (secondary N) is 2. The van der Waals surface area contributed by atoms with Gasteiger partial charge in [-0.1, -0.05) is 0 Å². The summed E-state index contributed by atoms with van der Waals surface area (Å²) in [6.07, 6.45) is -9.37. The molecule has 0 aliphatic heterocycles. The molecule has 2 N–H and O–H groups in total. The van der Waals surface area contributed by atoms with Crippen molar-refractivity contribution in [3.63, 3.8) is 0 Å². The predicted molar refractivity (Wildman–Crippen MR) is 95.7 cm³/mol. The van der Waals surface area contributed by atoms with Gasteiger partial charge < -0.3 is 20.1 Å². The lowest BCUT2D eigenvalue weighted by molar-refractivity contribution is -0.153. The van der Waals surface area contributed by atoms with Gasteiger partial charge >= 0.3 is 12.4 Å². The lowest BCUT2D eigenvalue weighted by Gasteiger charge is -2.16. The number of thiocarbonyl (C=S) groups is 1. The first-order valence-electron chi connectivity index (χ1n) is 7.88. The summed E-state index contributed by atoms with van der Waals surface area (Å²) in [5.74, 6) is -2.72. The van der Waals surface area contributed by atoms with E-state index in [1.807, 2.05) is 0 Å². The second-order valence-electron chi connectivity index (χ2n) is 5.70. The molecule has 0 saturated carbocycles. The van der Waals surface area contributed by atoms with Crippen LogP contribution in [0.4, 0.5) is 46.5 Å². The Morgan fingerprint density at radius 3 is 1.80 bits per heavy atom. The van der Waals surface area contributed by atoms with Crippen molar-refractivity contribution >= 4 is 28.7 Å². The van der Waals surface area contributed by atoms with Gasteiger partial charge in [-0.3, -0.25) is 0 Å². The predicted octanol–water partition coefficient (Wildman–Crippen LogP) is 5.66. The van der Waals surface area contributed by atoms with Crippen LogP contribution in [0.25, 0.3) is 0 Å². The third kappa shape index (κ3) is 8.27. The largest absolute Gasteiger partial charge is 0.484 e. The number of anilines is 2. The van der Waals surface area contributed by atoms with E-state index in [0.29, 0.717) is 6.07 Å². The standard InChI is InChI=1S/C17H12F8N2O2S/c18-9-1-2-14(13(19)3-9)27-15(30)26-10-4-11(28-7-16(20,21)22)6-12(5-10)29-8-17(23,24)25/h1-6H,7-8H2,(H2,26,27,30). The fraction of sp³-hybridized carbons (Fsp3) is 0.235. The van der Waals surface area contributed by atoms with Crippen LogP contribution in [0.2, 0.25) is 0 Å². The van der Waals surface area contributed by atoms with Crippen molar-refractivity contribution in [2.75, 3.05) is 23.8 Å². The Labute approximate surface area is 169 Å². The molecule has 0 saturated heterocycles. The lowest BCUT2D eigenvalue weighted by atomic mass is 10.2. The molecule has 0 heterocycles. The molecule has 0 atom stereocenters. The van der Waals surface area contributed by atoms with E-state index in [2.05, 4.69) is 20.1 Å². The van der Waals surface area contributed by atoms with Crippen molar-refractivity contribution in [2.45, 2.75) is 12.4 Å². The summed E-state index contributed by atoms with van der Waals surface area (Å²) in [6, 6.07) is 5.43. The molecule has 0 unspecified atom stereocenters. The van der Waals surface area contributed by atoms with Crippen molar-refractivity contribution in [3.8, 4) is 11.5 Å².